The molecule has 0 aliphatic carbocycles. The van der Waals surface area contributed by atoms with Gasteiger partial charge in [0.15, 0.2) is 0 Å². The molecule has 0 spiro atoms. The van der Waals surface area contributed by atoms with Crippen molar-refractivity contribution >= 4 is 11.6 Å². The van der Waals surface area contributed by atoms with Crippen LogP contribution in [0.2, 0.25) is 5.02 Å². The third kappa shape index (κ3) is 5.43. The maximum atomic E-state index is 10.9. The van der Waals surface area contributed by atoms with E-state index in [0.29, 0.717) is 29.7 Å². The molecule has 2 aromatic carbocycles. The van der Waals surface area contributed by atoms with Gasteiger partial charge in [-0.3, -0.25) is 0 Å². The summed E-state index contributed by atoms with van der Waals surface area (Å²) in [6.07, 6.45) is 2.28. The lowest BCUT2D eigenvalue weighted by atomic mass is 9.78. The van der Waals surface area contributed by atoms with E-state index >= 15 is 0 Å². The minimum Gasteiger partial charge on any atom is -0.507 e. The van der Waals surface area contributed by atoms with E-state index in [1.165, 1.54) is 0 Å². The number of aromatic nitrogens is 1. The third-order valence-corrected chi connectivity index (χ3v) is 5.70. The van der Waals surface area contributed by atoms with E-state index < -0.39 is 0 Å². The minimum atomic E-state index is -0.210. The van der Waals surface area contributed by atoms with Crippen LogP contribution in [0.15, 0.2) is 41.0 Å². The summed E-state index contributed by atoms with van der Waals surface area (Å²) in [4.78, 5) is 4.66. The summed E-state index contributed by atoms with van der Waals surface area (Å²) in [7, 11) is 0. The minimum absolute atomic E-state index is 0.210. The quantitative estimate of drug-likeness (QED) is 0.453. The first-order chi connectivity index (χ1) is 14.4. The van der Waals surface area contributed by atoms with Gasteiger partial charge in [-0.1, -0.05) is 59.2 Å². The number of hydrogen-bond donors (Lipinski definition) is 1. The highest BCUT2D eigenvalue weighted by molar-refractivity contribution is 6.31. The Balaban J connectivity index is 1.82. The van der Waals surface area contributed by atoms with Crippen molar-refractivity contribution < 1.29 is 14.3 Å². The molecule has 1 aromatic heterocycles. The van der Waals surface area contributed by atoms with Gasteiger partial charge in [0.1, 0.15) is 17.8 Å². The van der Waals surface area contributed by atoms with Crippen molar-refractivity contribution in [2.24, 2.45) is 0 Å². The smallest absolute Gasteiger partial charge is 0.226 e. The summed E-state index contributed by atoms with van der Waals surface area (Å²) >= 11 is 6.16. The predicted molar refractivity (Wildman–Crippen MR) is 126 cm³/mol. The summed E-state index contributed by atoms with van der Waals surface area (Å²) in [6, 6.07) is 9.63. The van der Waals surface area contributed by atoms with Gasteiger partial charge < -0.3 is 14.3 Å². The van der Waals surface area contributed by atoms with Crippen LogP contribution in [0.5, 0.6) is 11.5 Å². The van der Waals surface area contributed by atoms with Crippen molar-refractivity contribution in [1.29, 1.82) is 0 Å². The van der Waals surface area contributed by atoms with Crippen molar-refractivity contribution in [3.8, 4) is 23.0 Å². The zero-order valence-corrected chi connectivity index (χ0v) is 20.2. The Labute approximate surface area is 190 Å². The number of ether oxygens (including phenoxy) is 1. The molecule has 4 nitrogen and oxygen atoms in total. The first-order valence-corrected chi connectivity index (χ1v) is 11.0. The van der Waals surface area contributed by atoms with Gasteiger partial charge in [-0.15, -0.1) is 0 Å². The largest absolute Gasteiger partial charge is 0.507 e. The lowest BCUT2D eigenvalue weighted by Gasteiger charge is -2.27. The van der Waals surface area contributed by atoms with Crippen molar-refractivity contribution in [3.63, 3.8) is 0 Å². The average Bonchev–Trinajstić information content (AvgIpc) is 3.12. The molecule has 0 amide bonds. The number of hydrogen-bond acceptors (Lipinski definition) is 4. The second kappa shape index (κ2) is 8.58. The second-order valence-corrected chi connectivity index (χ2v) is 10.5. The zero-order valence-electron chi connectivity index (χ0n) is 19.5. The SMILES string of the molecule is Cc1ccc(OCCc2coc(-c3cc(C(C)(C)C)c(O)c(C(C)(C)C)c3)n2)cc1Cl. The summed E-state index contributed by atoms with van der Waals surface area (Å²) in [5.74, 6) is 1.63. The number of phenolic OH excluding ortho intramolecular Hbond substituents is 1. The Hall–Kier alpha value is -2.46. The topological polar surface area (TPSA) is 55.5 Å². The number of phenols is 1. The van der Waals surface area contributed by atoms with Crippen LogP contribution in [0.3, 0.4) is 0 Å². The van der Waals surface area contributed by atoms with E-state index in [1.807, 2.05) is 37.3 Å². The molecule has 0 bridgehead atoms. The number of nitrogens with zero attached hydrogens (tertiary/aromatic N) is 1. The molecule has 5 heteroatoms. The summed E-state index contributed by atoms with van der Waals surface area (Å²) in [5, 5.41) is 11.6. The standard InChI is InChI=1S/C26H32ClNO3/c1-16-8-9-19(14-22(16)27)30-11-10-18-15-31-24(28-18)17-12-20(25(2,3)4)23(29)21(13-17)26(5,6)7/h8-9,12-15,29H,10-11H2,1-7H3. The van der Waals surface area contributed by atoms with Crippen LogP contribution in [0.4, 0.5) is 0 Å². The molecular formula is C26H32ClNO3. The van der Waals surface area contributed by atoms with E-state index in [9.17, 15) is 5.11 Å². The summed E-state index contributed by atoms with van der Waals surface area (Å²) in [6.45, 7) is 15.0. The lowest BCUT2D eigenvalue weighted by Crippen LogP contribution is -2.17. The second-order valence-electron chi connectivity index (χ2n) is 10.1. The molecule has 1 heterocycles. The summed E-state index contributed by atoms with van der Waals surface area (Å²) < 4.78 is 11.6. The van der Waals surface area contributed by atoms with Crippen LogP contribution in [0.25, 0.3) is 11.5 Å². The normalized spacial score (nSPS) is 12.3. The number of aryl methyl sites for hydroxylation is 1. The van der Waals surface area contributed by atoms with E-state index in [4.69, 9.17) is 20.8 Å². The molecule has 0 aliphatic heterocycles. The molecule has 0 aliphatic rings. The number of benzene rings is 2. The predicted octanol–water partition coefficient (Wildman–Crippen LogP) is 7.23. The molecule has 0 unspecified atom stereocenters. The van der Waals surface area contributed by atoms with E-state index in [1.54, 1.807) is 6.26 Å². The van der Waals surface area contributed by atoms with Gasteiger partial charge >= 0.3 is 0 Å². The van der Waals surface area contributed by atoms with Crippen LogP contribution in [-0.2, 0) is 17.3 Å². The van der Waals surface area contributed by atoms with E-state index in [-0.39, 0.29) is 10.8 Å². The number of oxazole rings is 1. The Morgan fingerprint density at radius 2 is 1.61 bits per heavy atom. The fourth-order valence-corrected chi connectivity index (χ4v) is 3.56. The molecule has 0 saturated carbocycles. The number of aromatic hydroxyl groups is 1. The van der Waals surface area contributed by atoms with Gasteiger partial charge in [-0.2, -0.15) is 0 Å². The zero-order chi connectivity index (χ0) is 23.0. The Bertz CT molecular complexity index is 1040. The molecule has 1 N–H and O–H groups in total. The highest BCUT2D eigenvalue weighted by Crippen LogP contribution is 2.41. The van der Waals surface area contributed by atoms with Crippen LogP contribution in [-0.4, -0.2) is 16.7 Å². The maximum absolute atomic E-state index is 10.9. The third-order valence-electron chi connectivity index (χ3n) is 5.29. The fraction of sp³-hybridized carbons (Fsp3) is 0.423. The molecule has 31 heavy (non-hydrogen) atoms. The van der Waals surface area contributed by atoms with Crippen molar-refractivity contribution in [3.05, 3.63) is 64.0 Å². The Morgan fingerprint density at radius 1 is 1.00 bits per heavy atom. The first kappa shape index (κ1) is 23.2. The molecule has 3 aromatic rings. The van der Waals surface area contributed by atoms with Gasteiger partial charge in [0.2, 0.25) is 5.89 Å². The molecular weight excluding hydrogens is 410 g/mol. The fourth-order valence-electron chi connectivity index (χ4n) is 3.39. The first-order valence-electron chi connectivity index (χ1n) is 10.6. The average molecular weight is 442 g/mol. The highest BCUT2D eigenvalue weighted by atomic mass is 35.5. The molecule has 0 atom stereocenters. The van der Waals surface area contributed by atoms with Gasteiger partial charge in [0.25, 0.3) is 0 Å². The number of halogens is 1. The van der Waals surface area contributed by atoms with Gasteiger partial charge in [-0.25, -0.2) is 4.98 Å². The molecule has 0 saturated heterocycles. The summed E-state index contributed by atoms with van der Waals surface area (Å²) in [5.41, 5.74) is 4.05. The maximum Gasteiger partial charge on any atom is 0.226 e. The van der Waals surface area contributed by atoms with Crippen LogP contribution in [0, 0.1) is 6.92 Å². The van der Waals surface area contributed by atoms with Gasteiger partial charge in [0, 0.05) is 28.1 Å². The van der Waals surface area contributed by atoms with Crippen LogP contribution in [0.1, 0.15) is 63.9 Å². The van der Waals surface area contributed by atoms with E-state index in [0.717, 1.165) is 33.7 Å². The Morgan fingerprint density at radius 3 is 2.16 bits per heavy atom. The molecule has 166 valence electrons. The van der Waals surface area contributed by atoms with Gasteiger partial charge in [-0.05, 0) is 47.6 Å². The Kier molecular flexibility index (Phi) is 6.43. The highest BCUT2D eigenvalue weighted by Gasteiger charge is 2.27. The van der Waals surface area contributed by atoms with Crippen LogP contribution < -0.4 is 4.74 Å². The van der Waals surface area contributed by atoms with E-state index in [2.05, 4.69) is 46.5 Å². The van der Waals surface area contributed by atoms with Crippen molar-refractivity contribution in [2.45, 2.75) is 65.7 Å². The number of rotatable bonds is 5. The molecule has 3 rings (SSSR count). The van der Waals surface area contributed by atoms with Crippen molar-refractivity contribution in [2.75, 3.05) is 6.61 Å². The monoisotopic (exact) mass is 441 g/mol. The van der Waals surface area contributed by atoms with Crippen molar-refractivity contribution in [1.82, 2.24) is 4.98 Å². The van der Waals surface area contributed by atoms with Crippen LogP contribution >= 0.6 is 11.6 Å². The lowest BCUT2D eigenvalue weighted by molar-refractivity contribution is 0.320. The molecule has 0 radical (unpaired) electrons. The van der Waals surface area contributed by atoms with Gasteiger partial charge in [0.05, 0.1) is 12.3 Å². The molecule has 0 fully saturated rings.